The van der Waals surface area contributed by atoms with E-state index in [0.29, 0.717) is 0 Å². The average molecular weight is 405 g/mol. The lowest BCUT2D eigenvalue weighted by Crippen LogP contribution is -2.46. The molecular formula is C26H32N2O2. The molecule has 1 fully saturated rings. The summed E-state index contributed by atoms with van der Waals surface area (Å²) in [7, 11) is 1.71. The fraction of sp³-hybridized carbons (Fsp3) is 0.423. The summed E-state index contributed by atoms with van der Waals surface area (Å²) in [6.45, 7) is 10.2. The molecule has 0 aliphatic carbocycles. The first-order valence-electron chi connectivity index (χ1n) is 10.8. The lowest BCUT2D eigenvalue weighted by molar-refractivity contribution is 0.0977. The minimum Gasteiger partial charge on any atom is -0.497 e. The van der Waals surface area contributed by atoms with E-state index < -0.39 is 0 Å². The Balaban J connectivity index is 1.63. The number of piperidine rings is 1. The quantitative estimate of drug-likeness (QED) is 0.675. The molecule has 0 radical (unpaired) electrons. The van der Waals surface area contributed by atoms with Gasteiger partial charge in [0.25, 0.3) is 5.91 Å². The Hall–Kier alpha value is -2.59. The van der Waals surface area contributed by atoms with Crippen molar-refractivity contribution in [3.63, 3.8) is 0 Å². The molecule has 2 aromatic rings. The molecule has 0 bridgehead atoms. The normalized spacial score (nSPS) is 17.7. The zero-order valence-electron chi connectivity index (χ0n) is 18.6. The van der Waals surface area contributed by atoms with Crippen LogP contribution in [0.15, 0.2) is 54.1 Å². The number of hydrogen-bond donors (Lipinski definition) is 0. The molecule has 4 heteroatoms. The van der Waals surface area contributed by atoms with Crippen LogP contribution in [0.25, 0.3) is 0 Å². The predicted molar refractivity (Wildman–Crippen MR) is 123 cm³/mol. The van der Waals surface area contributed by atoms with Gasteiger partial charge in [0.05, 0.1) is 7.11 Å². The molecule has 1 amide bonds. The van der Waals surface area contributed by atoms with Gasteiger partial charge in [0.2, 0.25) is 0 Å². The van der Waals surface area contributed by atoms with Crippen molar-refractivity contribution >= 4 is 11.6 Å². The van der Waals surface area contributed by atoms with Crippen molar-refractivity contribution in [2.24, 2.45) is 0 Å². The second-order valence-corrected chi connectivity index (χ2v) is 9.00. The topological polar surface area (TPSA) is 32.8 Å². The summed E-state index contributed by atoms with van der Waals surface area (Å²) in [6.07, 6.45) is 4.42. The van der Waals surface area contributed by atoms with Gasteiger partial charge in [0, 0.05) is 29.8 Å². The molecule has 0 aromatic heterocycles. The summed E-state index contributed by atoms with van der Waals surface area (Å²) in [5, 5.41) is 0. The van der Waals surface area contributed by atoms with E-state index in [4.69, 9.17) is 4.74 Å². The van der Waals surface area contributed by atoms with Crippen LogP contribution in [0.5, 0.6) is 5.75 Å². The molecule has 2 aromatic carbocycles. The van der Waals surface area contributed by atoms with Crippen LogP contribution in [-0.2, 0) is 5.41 Å². The largest absolute Gasteiger partial charge is 0.497 e. The maximum atomic E-state index is 13.4. The van der Waals surface area contributed by atoms with Gasteiger partial charge < -0.3 is 9.64 Å². The van der Waals surface area contributed by atoms with Gasteiger partial charge in [-0.15, -0.1) is 0 Å². The molecule has 4 nitrogen and oxygen atoms in total. The Morgan fingerprint density at radius 1 is 1.10 bits per heavy atom. The monoisotopic (exact) mass is 404 g/mol. The number of amides is 1. The maximum absolute atomic E-state index is 13.4. The number of ether oxygens (including phenoxy) is 1. The summed E-state index contributed by atoms with van der Waals surface area (Å²) in [6, 6.07) is 14.1. The van der Waals surface area contributed by atoms with Crippen molar-refractivity contribution in [1.29, 1.82) is 0 Å². The highest BCUT2D eigenvalue weighted by atomic mass is 16.5. The lowest BCUT2D eigenvalue weighted by Gasteiger charge is -2.39. The van der Waals surface area contributed by atoms with Crippen molar-refractivity contribution in [3.8, 4) is 5.75 Å². The first-order chi connectivity index (χ1) is 14.4. The molecule has 2 aliphatic heterocycles. The van der Waals surface area contributed by atoms with Gasteiger partial charge in [0.1, 0.15) is 5.75 Å². The number of aryl methyl sites for hydroxylation is 1. The standard InChI is InChI=1S/C26H32N2O2/c1-19(2)11-14-27-15-12-26(13-16-27)18-28(24-10-9-22(30-4)17-23(24)26)25(29)21-7-5-20(3)6-8-21/h5-11,17H,12-16,18H2,1-4H3. The van der Waals surface area contributed by atoms with Gasteiger partial charge in [-0.05, 0) is 82.6 Å². The molecule has 1 saturated heterocycles. The first kappa shape index (κ1) is 20.7. The highest BCUT2D eigenvalue weighted by Crippen LogP contribution is 2.48. The molecule has 158 valence electrons. The Kier molecular flexibility index (Phi) is 5.70. The molecular weight excluding hydrogens is 372 g/mol. The molecule has 0 N–H and O–H groups in total. The summed E-state index contributed by atoms with van der Waals surface area (Å²) in [5.74, 6) is 0.954. The van der Waals surface area contributed by atoms with E-state index in [9.17, 15) is 4.79 Å². The number of methoxy groups -OCH3 is 1. The second kappa shape index (κ2) is 8.27. The van der Waals surface area contributed by atoms with Gasteiger partial charge in [-0.3, -0.25) is 9.69 Å². The number of likely N-dealkylation sites (tertiary alicyclic amines) is 1. The smallest absolute Gasteiger partial charge is 0.258 e. The van der Waals surface area contributed by atoms with Crippen LogP contribution in [-0.4, -0.2) is 44.1 Å². The van der Waals surface area contributed by atoms with Crippen molar-refractivity contribution in [2.75, 3.05) is 38.2 Å². The minimum absolute atomic E-state index is 0.00566. The fourth-order valence-electron chi connectivity index (χ4n) is 4.71. The Morgan fingerprint density at radius 3 is 2.43 bits per heavy atom. The number of fused-ring (bicyclic) bond motifs is 2. The number of anilines is 1. The van der Waals surface area contributed by atoms with Crippen LogP contribution in [0.1, 0.15) is 48.2 Å². The average Bonchev–Trinajstić information content (AvgIpc) is 3.06. The molecule has 2 aliphatic rings. The van der Waals surface area contributed by atoms with Crippen LogP contribution in [0.2, 0.25) is 0 Å². The Morgan fingerprint density at radius 2 is 1.80 bits per heavy atom. The third-order valence-electron chi connectivity index (χ3n) is 6.64. The number of carbonyl (C=O) groups excluding carboxylic acids is 1. The van der Waals surface area contributed by atoms with Crippen molar-refractivity contribution in [2.45, 2.75) is 39.0 Å². The van der Waals surface area contributed by atoms with Crippen molar-refractivity contribution in [1.82, 2.24) is 4.90 Å². The highest BCUT2D eigenvalue weighted by Gasteiger charge is 2.46. The number of benzene rings is 2. The van der Waals surface area contributed by atoms with Crippen LogP contribution in [0, 0.1) is 6.92 Å². The number of rotatable bonds is 4. The third kappa shape index (κ3) is 3.89. The zero-order valence-corrected chi connectivity index (χ0v) is 18.6. The molecule has 1 spiro atoms. The predicted octanol–water partition coefficient (Wildman–Crippen LogP) is 4.96. The van der Waals surface area contributed by atoms with E-state index in [0.717, 1.165) is 56.0 Å². The fourth-order valence-corrected chi connectivity index (χ4v) is 4.71. The maximum Gasteiger partial charge on any atom is 0.258 e. The van der Waals surface area contributed by atoms with E-state index in [1.54, 1.807) is 7.11 Å². The lowest BCUT2D eigenvalue weighted by atomic mass is 9.74. The van der Waals surface area contributed by atoms with Crippen LogP contribution >= 0.6 is 0 Å². The summed E-state index contributed by atoms with van der Waals surface area (Å²) in [5.41, 5.74) is 5.59. The second-order valence-electron chi connectivity index (χ2n) is 9.00. The first-order valence-corrected chi connectivity index (χ1v) is 10.8. The van der Waals surface area contributed by atoms with Crippen LogP contribution < -0.4 is 9.64 Å². The van der Waals surface area contributed by atoms with E-state index in [1.807, 2.05) is 42.2 Å². The van der Waals surface area contributed by atoms with Crippen molar-refractivity contribution in [3.05, 3.63) is 70.8 Å². The minimum atomic E-state index is 0.00566. The molecule has 0 saturated carbocycles. The number of allylic oxidation sites excluding steroid dienone is 1. The van der Waals surface area contributed by atoms with E-state index in [2.05, 4.69) is 37.0 Å². The van der Waals surface area contributed by atoms with E-state index in [1.165, 1.54) is 16.7 Å². The number of carbonyl (C=O) groups is 1. The molecule has 0 unspecified atom stereocenters. The van der Waals surface area contributed by atoms with Crippen molar-refractivity contribution < 1.29 is 9.53 Å². The Bertz CT molecular complexity index is 949. The molecule has 2 heterocycles. The SMILES string of the molecule is COc1ccc2c(c1)C1(CCN(CC=C(C)C)CC1)CN2C(=O)c1ccc(C)cc1. The molecule has 30 heavy (non-hydrogen) atoms. The van der Waals surface area contributed by atoms with Gasteiger partial charge >= 0.3 is 0 Å². The Labute approximate surface area is 180 Å². The number of hydrogen-bond acceptors (Lipinski definition) is 3. The van der Waals surface area contributed by atoms with Crippen LogP contribution in [0.4, 0.5) is 5.69 Å². The van der Waals surface area contributed by atoms with Gasteiger partial charge in [-0.2, -0.15) is 0 Å². The highest BCUT2D eigenvalue weighted by molar-refractivity contribution is 6.07. The van der Waals surface area contributed by atoms with Gasteiger partial charge in [-0.25, -0.2) is 0 Å². The molecule has 4 rings (SSSR count). The zero-order chi connectivity index (χ0) is 21.3. The third-order valence-corrected chi connectivity index (χ3v) is 6.64. The van der Waals surface area contributed by atoms with Crippen LogP contribution in [0.3, 0.4) is 0 Å². The summed E-state index contributed by atoms with van der Waals surface area (Å²) < 4.78 is 5.53. The molecule has 0 atom stereocenters. The summed E-state index contributed by atoms with van der Waals surface area (Å²) in [4.78, 5) is 17.9. The summed E-state index contributed by atoms with van der Waals surface area (Å²) >= 11 is 0. The van der Waals surface area contributed by atoms with Gasteiger partial charge in [-0.1, -0.05) is 29.3 Å². The van der Waals surface area contributed by atoms with Gasteiger partial charge in [0.15, 0.2) is 0 Å². The van der Waals surface area contributed by atoms with E-state index >= 15 is 0 Å². The van der Waals surface area contributed by atoms with E-state index in [-0.39, 0.29) is 11.3 Å². The number of nitrogens with zero attached hydrogens (tertiary/aromatic N) is 2.